The first-order chi connectivity index (χ1) is 10.3. The molecule has 1 rings (SSSR count). The number of hydrogen-bond acceptors (Lipinski definition) is 2. The zero-order chi connectivity index (χ0) is 16.6. The summed E-state index contributed by atoms with van der Waals surface area (Å²) in [6, 6.07) is 5.73. The van der Waals surface area contributed by atoms with Crippen LogP contribution in [0.15, 0.2) is 29.3 Å². The molecule has 0 bridgehead atoms. The lowest BCUT2D eigenvalue weighted by Gasteiger charge is -2.14. The predicted octanol–water partition coefficient (Wildman–Crippen LogP) is 2.37. The van der Waals surface area contributed by atoms with Crippen LogP contribution in [0.3, 0.4) is 0 Å². The molecular weight excluding hydrogens is 302 g/mol. The summed E-state index contributed by atoms with van der Waals surface area (Å²) < 4.78 is 49.8. The maximum atomic E-state index is 13.5. The van der Waals surface area contributed by atoms with Crippen LogP contribution in [0.25, 0.3) is 0 Å². The van der Waals surface area contributed by atoms with Gasteiger partial charge in [0.2, 0.25) is 0 Å². The maximum Gasteiger partial charge on any atom is 0.390 e. The second kappa shape index (κ2) is 8.57. The molecule has 8 heteroatoms. The van der Waals surface area contributed by atoms with Crippen molar-refractivity contribution < 1.29 is 22.7 Å². The van der Waals surface area contributed by atoms with E-state index in [2.05, 4.69) is 15.6 Å². The number of alkyl halides is 3. The first kappa shape index (κ1) is 18.2. The standard InChI is InChI=1S/C14H19F4N3O/c1-2-19-13(20-8-7-14(16,17)18)21-9-12(22)10-5-3-4-6-11(10)15/h3-6,12,22H,2,7-9H2,1H3,(H2,19,20,21). The summed E-state index contributed by atoms with van der Waals surface area (Å²) in [6.45, 7) is 1.72. The number of rotatable bonds is 6. The monoisotopic (exact) mass is 321 g/mol. The second-order valence-corrected chi connectivity index (χ2v) is 4.55. The zero-order valence-corrected chi connectivity index (χ0v) is 12.1. The SMILES string of the molecule is CCNC(=NCC(O)c1ccccc1F)NCCC(F)(F)F. The van der Waals surface area contributed by atoms with Crippen LogP contribution < -0.4 is 10.6 Å². The summed E-state index contributed by atoms with van der Waals surface area (Å²) in [4.78, 5) is 3.96. The van der Waals surface area contributed by atoms with Crippen molar-refractivity contribution in [1.82, 2.24) is 10.6 Å². The molecule has 4 nitrogen and oxygen atoms in total. The van der Waals surface area contributed by atoms with Gasteiger partial charge in [0.15, 0.2) is 5.96 Å². The van der Waals surface area contributed by atoms with Crippen LogP contribution in [0.4, 0.5) is 17.6 Å². The topological polar surface area (TPSA) is 56.7 Å². The molecule has 0 aliphatic carbocycles. The average molecular weight is 321 g/mol. The van der Waals surface area contributed by atoms with Crippen molar-refractivity contribution in [2.45, 2.75) is 25.6 Å². The molecule has 0 aliphatic heterocycles. The number of guanidine groups is 1. The van der Waals surface area contributed by atoms with E-state index in [1.54, 1.807) is 13.0 Å². The normalized spacial score (nSPS) is 13.8. The average Bonchev–Trinajstić information content (AvgIpc) is 2.43. The van der Waals surface area contributed by atoms with Crippen molar-refractivity contribution in [1.29, 1.82) is 0 Å². The molecule has 124 valence electrons. The van der Waals surface area contributed by atoms with E-state index in [0.29, 0.717) is 6.54 Å². The van der Waals surface area contributed by atoms with Gasteiger partial charge < -0.3 is 15.7 Å². The highest BCUT2D eigenvalue weighted by Crippen LogP contribution is 2.18. The molecule has 0 heterocycles. The van der Waals surface area contributed by atoms with E-state index in [0.717, 1.165) is 0 Å². The maximum absolute atomic E-state index is 13.5. The van der Waals surface area contributed by atoms with E-state index in [-0.39, 0.29) is 24.6 Å². The van der Waals surface area contributed by atoms with Crippen molar-refractivity contribution in [3.05, 3.63) is 35.6 Å². The number of aliphatic imine (C=N–C) groups is 1. The third-order valence-electron chi connectivity index (χ3n) is 2.73. The highest BCUT2D eigenvalue weighted by molar-refractivity contribution is 5.79. The van der Waals surface area contributed by atoms with Gasteiger partial charge in [-0.3, -0.25) is 4.99 Å². The Balaban J connectivity index is 2.59. The lowest BCUT2D eigenvalue weighted by molar-refractivity contribution is -0.132. The molecule has 1 aromatic carbocycles. The summed E-state index contributed by atoms with van der Waals surface area (Å²) >= 11 is 0. The molecule has 0 radical (unpaired) electrons. The van der Waals surface area contributed by atoms with E-state index in [4.69, 9.17) is 0 Å². The molecule has 0 aromatic heterocycles. The van der Waals surface area contributed by atoms with Crippen molar-refractivity contribution in [2.24, 2.45) is 4.99 Å². The van der Waals surface area contributed by atoms with E-state index in [1.165, 1.54) is 18.2 Å². The summed E-state index contributed by atoms with van der Waals surface area (Å²) in [5, 5.41) is 15.2. The largest absolute Gasteiger partial charge is 0.390 e. The van der Waals surface area contributed by atoms with E-state index in [1.807, 2.05) is 0 Å². The minimum Gasteiger partial charge on any atom is -0.386 e. The molecule has 1 aromatic rings. The summed E-state index contributed by atoms with van der Waals surface area (Å²) in [5.74, 6) is -0.414. The molecular formula is C14H19F4N3O. The highest BCUT2D eigenvalue weighted by atomic mass is 19.4. The first-order valence-corrected chi connectivity index (χ1v) is 6.85. The van der Waals surface area contributed by atoms with Gasteiger partial charge in [-0.15, -0.1) is 0 Å². The lowest BCUT2D eigenvalue weighted by Crippen LogP contribution is -2.39. The first-order valence-electron chi connectivity index (χ1n) is 6.85. The third kappa shape index (κ3) is 6.75. The summed E-state index contributed by atoms with van der Waals surface area (Å²) in [5.41, 5.74) is 0.0948. The van der Waals surface area contributed by atoms with Gasteiger partial charge in [0.05, 0.1) is 13.0 Å². The van der Waals surface area contributed by atoms with Crippen LogP contribution in [0.5, 0.6) is 0 Å². The highest BCUT2D eigenvalue weighted by Gasteiger charge is 2.26. The quantitative estimate of drug-likeness (QED) is 0.428. The number of aliphatic hydroxyl groups excluding tert-OH is 1. The van der Waals surface area contributed by atoms with Gasteiger partial charge in [-0.05, 0) is 13.0 Å². The summed E-state index contributed by atoms with van der Waals surface area (Å²) in [6.07, 6.45) is -6.41. The number of hydrogen-bond donors (Lipinski definition) is 3. The molecule has 1 atom stereocenters. The van der Waals surface area contributed by atoms with Crippen LogP contribution in [0.1, 0.15) is 25.0 Å². The van der Waals surface area contributed by atoms with Crippen molar-refractivity contribution >= 4 is 5.96 Å². The Hall–Kier alpha value is -1.83. The molecule has 22 heavy (non-hydrogen) atoms. The molecule has 0 saturated carbocycles. The number of halogens is 4. The van der Waals surface area contributed by atoms with Gasteiger partial charge in [0.1, 0.15) is 11.9 Å². The van der Waals surface area contributed by atoms with E-state index in [9.17, 15) is 22.7 Å². The number of benzene rings is 1. The van der Waals surface area contributed by atoms with Gasteiger partial charge in [-0.25, -0.2) is 4.39 Å². The zero-order valence-electron chi connectivity index (χ0n) is 12.1. The Labute approximate surface area is 126 Å². The Morgan fingerprint density at radius 1 is 1.27 bits per heavy atom. The number of nitrogens with one attached hydrogen (secondary N) is 2. The van der Waals surface area contributed by atoms with Gasteiger partial charge in [-0.2, -0.15) is 13.2 Å². The predicted molar refractivity (Wildman–Crippen MR) is 76.0 cm³/mol. The van der Waals surface area contributed by atoms with Crippen molar-refractivity contribution in [3.63, 3.8) is 0 Å². The Bertz CT molecular complexity index is 491. The fourth-order valence-corrected chi connectivity index (χ4v) is 1.69. The lowest BCUT2D eigenvalue weighted by atomic mass is 10.1. The molecule has 0 aliphatic rings. The van der Waals surface area contributed by atoms with Crippen LogP contribution >= 0.6 is 0 Å². The molecule has 0 fully saturated rings. The molecule has 1 unspecified atom stereocenters. The smallest absolute Gasteiger partial charge is 0.386 e. The minimum atomic E-state index is -4.25. The molecule has 0 amide bonds. The molecule has 3 N–H and O–H groups in total. The number of nitrogens with zero attached hydrogens (tertiary/aromatic N) is 1. The number of aliphatic hydroxyl groups is 1. The van der Waals surface area contributed by atoms with Gasteiger partial charge in [0, 0.05) is 18.7 Å². The van der Waals surface area contributed by atoms with Crippen molar-refractivity contribution in [2.75, 3.05) is 19.6 Å². The Kier molecular flexibility index (Phi) is 7.10. The summed E-state index contributed by atoms with van der Waals surface area (Å²) in [7, 11) is 0. The van der Waals surface area contributed by atoms with E-state index >= 15 is 0 Å². The van der Waals surface area contributed by atoms with Gasteiger partial charge in [0.25, 0.3) is 0 Å². The van der Waals surface area contributed by atoms with Crippen LogP contribution in [-0.2, 0) is 0 Å². The Morgan fingerprint density at radius 2 is 1.95 bits per heavy atom. The van der Waals surface area contributed by atoms with E-state index < -0.39 is 24.5 Å². The van der Waals surface area contributed by atoms with Crippen molar-refractivity contribution in [3.8, 4) is 0 Å². The minimum absolute atomic E-state index is 0.0948. The van der Waals surface area contributed by atoms with Gasteiger partial charge in [-0.1, -0.05) is 18.2 Å². The van der Waals surface area contributed by atoms with Crippen LogP contribution in [0, 0.1) is 5.82 Å². The van der Waals surface area contributed by atoms with Crippen LogP contribution in [-0.4, -0.2) is 36.9 Å². The molecule has 0 saturated heterocycles. The van der Waals surface area contributed by atoms with Gasteiger partial charge >= 0.3 is 6.18 Å². The second-order valence-electron chi connectivity index (χ2n) is 4.55. The fourth-order valence-electron chi connectivity index (χ4n) is 1.69. The third-order valence-corrected chi connectivity index (χ3v) is 2.73. The molecule has 0 spiro atoms. The fraction of sp³-hybridized carbons (Fsp3) is 0.500. The Morgan fingerprint density at radius 3 is 2.55 bits per heavy atom. The van der Waals surface area contributed by atoms with Crippen LogP contribution in [0.2, 0.25) is 0 Å².